The molecule has 2 aliphatic rings. The molecule has 1 aromatic rings. The van der Waals surface area contributed by atoms with Gasteiger partial charge in [0.1, 0.15) is 0 Å². The average molecular weight is 288 g/mol. The maximum Gasteiger partial charge on any atom is 0.307 e. The van der Waals surface area contributed by atoms with Crippen molar-refractivity contribution in [1.82, 2.24) is 5.32 Å². The van der Waals surface area contributed by atoms with Gasteiger partial charge in [-0.3, -0.25) is 14.4 Å². The largest absolute Gasteiger partial charge is 0.481 e. The molecular formula is C15H16N2O4. The van der Waals surface area contributed by atoms with E-state index >= 15 is 0 Å². The molecule has 2 fully saturated rings. The van der Waals surface area contributed by atoms with Crippen molar-refractivity contribution in [2.45, 2.75) is 25.3 Å². The van der Waals surface area contributed by atoms with E-state index in [4.69, 9.17) is 5.11 Å². The molecule has 2 saturated carbocycles. The minimum absolute atomic E-state index is 0.209. The zero-order chi connectivity index (χ0) is 15.0. The van der Waals surface area contributed by atoms with Gasteiger partial charge in [-0.1, -0.05) is 12.1 Å². The second-order valence-electron chi connectivity index (χ2n) is 5.57. The Bertz CT molecular complexity index is 609. The molecule has 3 N–H and O–H groups in total. The first-order valence-corrected chi connectivity index (χ1v) is 7.00. The maximum absolute atomic E-state index is 12.1. The number of rotatable bonds is 5. The van der Waals surface area contributed by atoms with Crippen LogP contribution in [0.1, 0.15) is 29.6 Å². The first-order chi connectivity index (χ1) is 10.1. The molecule has 0 radical (unpaired) electrons. The number of nitrogens with one attached hydrogen (secondary N) is 2. The van der Waals surface area contributed by atoms with Gasteiger partial charge in [0.15, 0.2) is 0 Å². The molecule has 0 heterocycles. The van der Waals surface area contributed by atoms with Gasteiger partial charge in [0.25, 0.3) is 5.91 Å². The van der Waals surface area contributed by atoms with E-state index in [1.807, 2.05) is 0 Å². The van der Waals surface area contributed by atoms with Gasteiger partial charge in [-0.15, -0.1) is 0 Å². The van der Waals surface area contributed by atoms with Crippen molar-refractivity contribution in [3.05, 3.63) is 29.8 Å². The van der Waals surface area contributed by atoms with Gasteiger partial charge in [-0.2, -0.15) is 0 Å². The van der Waals surface area contributed by atoms with Crippen molar-refractivity contribution >= 4 is 23.5 Å². The molecule has 6 heteroatoms. The molecular weight excluding hydrogens is 272 g/mol. The van der Waals surface area contributed by atoms with Crippen LogP contribution in [0.2, 0.25) is 0 Å². The lowest BCUT2D eigenvalue weighted by atomic mass is 10.1. The molecule has 3 rings (SSSR count). The highest BCUT2D eigenvalue weighted by Crippen LogP contribution is 2.39. The summed E-state index contributed by atoms with van der Waals surface area (Å²) in [6.07, 6.45) is 2.34. The van der Waals surface area contributed by atoms with E-state index in [1.54, 1.807) is 24.3 Å². The molecule has 1 aromatic carbocycles. The second kappa shape index (κ2) is 5.20. The van der Waals surface area contributed by atoms with E-state index in [2.05, 4.69) is 10.6 Å². The summed E-state index contributed by atoms with van der Waals surface area (Å²) in [5.74, 6) is -2.59. The van der Waals surface area contributed by atoms with Crippen LogP contribution in [0.25, 0.3) is 0 Å². The second-order valence-corrected chi connectivity index (χ2v) is 5.57. The minimum atomic E-state index is -0.949. The normalized spacial score (nSPS) is 23.2. The maximum atomic E-state index is 12.1. The smallest absolute Gasteiger partial charge is 0.307 e. The number of carbonyl (C=O) groups is 3. The lowest BCUT2D eigenvalue weighted by molar-refractivity contribution is -0.139. The van der Waals surface area contributed by atoms with E-state index in [-0.39, 0.29) is 17.9 Å². The number of anilines is 1. The molecule has 0 aliphatic heterocycles. The van der Waals surface area contributed by atoms with Gasteiger partial charge in [0.2, 0.25) is 5.91 Å². The van der Waals surface area contributed by atoms with E-state index in [1.165, 1.54) is 0 Å². The Morgan fingerprint density at radius 2 is 1.81 bits per heavy atom. The highest BCUT2D eigenvalue weighted by Gasteiger charge is 2.48. The van der Waals surface area contributed by atoms with Crippen molar-refractivity contribution in [3.8, 4) is 0 Å². The topological polar surface area (TPSA) is 95.5 Å². The fraction of sp³-hybridized carbons (Fsp3) is 0.400. The van der Waals surface area contributed by atoms with Crippen molar-refractivity contribution in [3.63, 3.8) is 0 Å². The number of carboxylic acids is 1. The molecule has 2 aliphatic carbocycles. The SMILES string of the molecule is O=C(NC1CC1)c1ccccc1NC(=O)[C@@H]1C[C@@H]1C(=O)O. The van der Waals surface area contributed by atoms with E-state index in [0.29, 0.717) is 17.7 Å². The summed E-state index contributed by atoms with van der Waals surface area (Å²) in [4.78, 5) is 34.9. The molecule has 0 bridgehead atoms. The Morgan fingerprint density at radius 1 is 1.10 bits per heavy atom. The van der Waals surface area contributed by atoms with Gasteiger partial charge in [0.05, 0.1) is 23.1 Å². The Hall–Kier alpha value is -2.37. The van der Waals surface area contributed by atoms with E-state index < -0.39 is 17.8 Å². The van der Waals surface area contributed by atoms with Crippen LogP contribution < -0.4 is 10.6 Å². The quantitative estimate of drug-likeness (QED) is 0.759. The summed E-state index contributed by atoms with van der Waals surface area (Å²) < 4.78 is 0. The molecule has 0 spiro atoms. The van der Waals surface area contributed by atoms with Gasteiger partial charge < -0.3 is 15.7 Å². The van der Waals surface area contributed by atoms with Gasteiger partial charge in [0, 0.05) is 6.04 Å². The van der Waals surface area contributed by atoms with Crippen molar-refractivity contribution in [2.75, 3.05) is 5.32 Å². The standard InChI is InChI=1S/C15H16N2O4/c18-13(16-8-5-6-8)9-3-1-2-4-12(9)17-14(19)10-7-11(10)15(20)21/h1-4,8,10-11H,5-7H2,(H,16,18)(H,17,19)(H,20,21)/t10-,11+/m1/s1. The molecule has 6 nitrogen and oxygen atoms in total. The van der Waals surface area contributed by atoms with Crippen LogP contribution in [-0.4, -0.2) is 28.9 Å². The fourth-order valence-corrected chi connectivity index (χ4v) is 2.26. The molecule has 2 amide bonds. The van der Waals surface area contributed by atoms with Crippen LogP contribution in [0.3, 0.4) is 0 Å². The number of para-hydroxylation sites is 1. The molecule has 0 aromatic heterocycles. The van der Waals surface area contributed by atoms with Gasteiger partial charge in [-0.05, 0) is 31.4 Å². The van der Waals surface area contributed by atoms with Crippen LogP contribution >= 0.6 is 0 Å². The van der Waals surface area contributed by atoms with Crippen molar-refractivity contribution in [2.24, 2.45) is 11.8 Å². The first kappa shape index (κ1) is 13.6. The third-order valence-electron chi connectivity index (χ3n) is 3.79. The number of aliphatic carboxylic acids is 1. The van der Waals surface area contributed by atoms with Crippen LogP contribution in [0.5, 0.6) is 0 Å². The number of hydrogen-bond acceptors (Lipinski definition) is 3. The molecule has 0 saturated heterocycles. The van der Waals surface area contributed by atoms with E-state index in [9.17, 15) is 14.4 Å². The zero-order valence-electron chi connectivity index (χ0n) is 11.3. The summed E-state index contributed by atoms with van der Waals surface area (Å²) >= 11 is 0. The lowest BCUT2D eigenvalue weighted by Gasteiger charge is -2.11. The summed E-state index contributed by atoms with van der Waals surface area (Å²) in [7, 11) is 0. The highest BCUT2D eigenvalue weighted by atomic mass is 16.4. The van der Waals surface area contributed by atoms with Crippen LogP contribution in [0.15, 0.2) is 24.3 Å². The number of hydrogen-bond donors (Lipinski definition) is 3. The summed E-state index contributed by atoms with van der Waals surface area (Å²) in [5, 5.41) is 14.4. The number of benzene rings is 1. The lowest BCUT2D eigenvalue weighted by Crippen LogP contribution is -2.27. The Morgan fingerprint density at radius 3 is 2.43 bits per heavy atom. The Labute approximate surface area is 121 Å². The minimum Gasteiger partial charge on any atom is -0.481 e. The number of carbonyl (C=O) groups excluding carboxylic acids is 2. The molecule has 0 unspecified atom stereocenters. The summed E-state index contributed by atoms with van der Waals surface area (Å²) in [6, 6.07) is 6.99. The first-order valence-electron chi connectivity index (χ1n) is 7.00. The molecule has 21 heavy (non-hydrogen) atoms. The average Bonchev–Trinajstić information content (AvgIpc) is 3.33. The summed E-state index contributed by atoms with van der Waals surface area (Å²) in [5.41, 5.74) is 0.835. The van der Waals surface area contributed by atoms with Crippen molar-refractivity contribution < 1.29 is 19.5 Å². The predicted molar refractivity (Wildman–Crippen MR) is 74.8 cm³/mol. The summed E-state index contributed by atoms with van der Waals surface area (Å²) in [6.45, 7) is 0. The number of amides is 2. The zero-order valence-corrected chi connectivity index (χ0v) is 11.3. The third kappa shape index (κ3) is 3.04. The van der Waals surface area contributed by atoms with Gasteiger partial charge in [-0.25, -0.2) is 0 Å². The predicted octanol–water partition coefficient (Wildman–Crippen LogP) is 1.24. The highest BCUT2D eigenvalue weighted by molar-refractivity contribution is 6.05. The van der Waals surface area contributed by atoms with Gasteiger partial charge >= 0.3 is 5.97 Å². The Kier molecular flexibility index (Phi) is 3.37. The Balaban J connectivity index is 1.69. The monoisotopic (exact) mass is 288 g/mol. The number of carboxylic acid groups (broad SMARTS) is 1. The van der Waals surface area contributed by atoms with Crippen molar-refractivity contribution in [1.29, 1.82) is 0 Å². The molecule has 2 atom stereocenters. The fourth-order valence-electron chi connectivity index (χ4n) is 2.26. The van der Waals surface area contributed by atoms with Crippen LogP contribution in [0, 0.1) is 11.8 Å². The molecule has 110 valence electrons. The van der Waals surface area contributed by atoms with Crippen LogP contribution in [-0.2, 0) is 9.59 Å². The third-order valence-corrected chi connectivity index (χ3v) is 3.79. The van der Waals surface area contributed by atoms with Crippen LogP contribution in [0.4, 0.5) is 5.69 Å². The van der Waals surface area contributed by atoms with E-state index in [0.717, 1.165) is 12.8 Å².